The van der Waals surface area contributed by atoms with Gasteiger partial charge in [-0.15, -0.1) is 0 Å². The van der Waals surface area contributed by atoms with Crippen LogP contribution in [0.15, 0.2) is 41.0 Å². The van der Waals surface area contributed by atoms with Crippen molar-refractivity contribution in [2.75, 3.05) is 18.0 Å². The topological polar surface area (TPSA) is 28.4 Å². The second-order valence-electron chi connectivity index (χ2n) is 5.40. The third-order valence-corrected chi connectivity index (χ3v) is 3.72. The Bertz CT molecular complexity index is 554. The van der Waals surface area contributed by atoms with Gasteiger partial charge in [-0.3, -0.25) is 0 Å². The average molecular weight is 304 g/mol. The first-order valence-electron chi connectivity index (χ1n) is 8.01. The predicted octanol–water partition coefficient (Wildman–Crippen LogP) is 4.33. The summed E-state index contributed by atoms with van der Waals surface area (Å²) in [5.41, 5.74) is 1.78. The SMILES string of the molecule is CCCCN(CC)c1cc(CNCc2ccco2)ccc1F. The molecule has 0 saturated heterocycles. The molecule has 2 aromatic rings. The van der Waals surface area contributed by atoms with Crippen LogP contribution in [0, 0.1) is 5.82 Å². The lowest BCUT2D eigenvalue weighted by Gasteiger charge is -2.24. The minimum Gasteiger partial charge on any atom is -0.468 e. The molecular formula is C18H25FN2O. The molecule has 3 nitrogen and oxygen atoms in total. The Morgan fingerprint density at radius 2 is 2.05 bits per heavy atom. The van der Waals surface area contributed by atoms with E-state index in [0.717, 1.165) is 37.3 Å². The first-order valence-corrected chi connectivity index (χ1v) is 8.01. The Labute approximate surface area is 132 Å². The van der Waals surface area contributed by atoms with Crippen LogP contribution in [0.5, 0.6) is 0 Å². The smallest absolute Gasteiger partial charge is 0.146 e. The van der Waals surface area contributed by atoms with Crippen LogP contribution in [0.3, 0.4) is 0 Å². The number of halogens is 1. The third kappa shape index (κ3) is 4.60. The van der Waals surface area contributed by atoms with Gasteiger partial charge in [-0.05, 0) is 43.2 Å². The van der Waals surface area contributed by atoms with E-state index in [-0.39, 0.29) is 5.82 Å². The number of hydrogen-bond donors (Lipinski definition) is 1. The molecule has 1 N–H and O–H groups in total. The van der Waals surface area contributed by atoms with Gasteiger partial charge in [0.25, 0.3) is 0 Å². The van der Waals surface area contributed by atoms with E-state index in [0.29, 0.717) is 18.8 Å². The lowest BCUT2D eigenvalue weighted by atomic mass is 10.1. The fourth-order valence-corrected chi connectivity index (χ4v) is 2.45. The van der Waals surface area contributed by atoms with Gasteiger partial charge in [0.05, 0.1) is 18.5 Å². The summed E-state index contributed by atoms with van der Waals surface area (Å²) in [6, 6.07) is 9.16. The number of benzene rings is 1. The van der Waals surface area contributed by atoms with Gasteiger partial charge in [0.15, 0.2) is 0 Å². The number of hydrogen-bond acceptors (Lipinski definition) is 3. The minimum absolute atomic E-state index is 0.146. The highest BCUT2D eigenvalue weighted by Crippen LogP contribution is 2.21. The summed E-state index contributed by atoms with van der Waals surface area (Å²) in [6.45, 7) is 7.30. The molecule has 2 rings (SSSR count). The third-order valence-electron chi connectivity index (χ3n) is 3.72. The first kappa shape index (κ1) is 16.6. The van der Waals surface area contributed by atoms with Gasteiger partial charge in [-0.25, -0.2) is 4.39 Å². The fraction of sp³-hybridized carbons (Fsp3) is 0.444. The van der Waals surface area contributed by atoms with Crippen molar-refractivity contribution < 1.29 is 8.81 Å². The molecule has 0 atom stereocenters. The van der Waals surface area contributed by atoms with E-state index in [1.54, 1.807) is 12.3 Å². The Morgan fingerprint density at radius 3 is 2.73 bits per heavy atom. The molecule has 0 radical (unpaired) electrons. The fourth-order valence-electron chi connectivity index (χ4n) is 2.45. The molecular weight excluding hydrogens is 279 g/mol. The van der Waals surface area contributed by atoms with E-state index >= 15 is 0 Å². The van der Waals surface area contributed by atoms with Crippen LogP contribution >= 0.6 is 0 Å². The summed E-state index contributed by atoms with van der Waals surface area (Å²) in [5, 5.41) is 3.32. The molecule has 0 amide bonds. The maximum atomic E-state index is 14.1. The van der Waals surface area contributed by atoms with Gasteiger partial charge >= 0.3 is 0 Å². The van der Waals surface area contributed by atoms with Crippen molar-refractivity contribution in [1.29, 1.82) is 0 Å². The zero-order valence-corrected chi connectivity index (χ0v) is 13.4. The number of nitrogens with zero attached hydrogens (tertiary/aromatic N) is 1. The number of unbranched alkanes of at least 4 members (excludes halogenated alkanes) is 1. The molecule has 1 aromatic carbocycles. The molecule has 0 saturated carbocycles. The van der Waals surface area contributed by atoms with E-state index < -0.39 is 0 Å². The zero-order valence-electron chi connectivity index (χ0n) is 13.4. The maximum Gasteiger partial charge on any atom is 0.146 e. The molecule has 0 aliphatic rings. The molecule has 22 heavy (non-hydrogen) atoms. The van der Waals surface area contributed by atoms with E-state index in [1.807, 2.05) is 24.3 Å². The van der Waals surface area contributed by atoms with Gasteiger partial charge in [-0.1, -0.05) is 19.4 Å². The highest BCUT2D eigenvalue weighted by molar-refractivity contribution is 5.50. The molecule has 0 aliphatic carbocycles. The highest BCUT2D eigenvalue weighted by atomic mass is 19.1. The molecule has 0 bridgehead atoms. The van der Waals surface area contributed by atoms with Crippen molar-refractivity contribution in [3.63, 3.8) is 0 Å². The molecule has 0 unspecified atom stereocenters. The number of anilines is 1. The van der Waals surface area contributed by atoms with E-state index in [4.69, 9.17) is 4.42 Å². The van der Waals surface area contributed by atoms with Crippen LogP contribution in [0.4, 0.5) is 10.1 Å². The standard InChI is InChI=1S/C18H25FN2O/c1-3-5-10-21(4-2)18-12-15(8-9-17(18)19)13-20-14-16-7-6-11-22-16/h6-9,11-12,20H,3-5,10,13-14H2,1-2H3. The molecule has 0 aliphatic heterocycles. The van der Waals surface area contributed by atoms with Crippen molar-refractivity contribution in [3.05, 3.63) is 53.7 Å². The number of rotatable bonds is 9. The summed E-state index contributed by atoms with van der Waals surface area (Å²) in [4.78, 5) is 2.11. The number of furan rings is 1. The maximum absolute atomic E-state index is 14.1. The van der Waals surface area contributed by atoms with Gasteiger partial charge in [-0.2, -0.15) is 0 Å². The Kier molecular flexibility index (Phi) is 6.46. The first-order chi connectivity index (χ1) is 10.7. The van der Waals surface area contributed by atoms with Gasteiger partial charge in [0.2, 0.25) is 0 Å². The molecule has 0 spiro atoms. The predicted molar refractivity (Wildman–Crippen MR) is 88.4 cm³/mol. The molecule has 1 heterocycles. The van der Waals surface area contributed by atoms with Crippen LogP contribution in [0.1, 0.15) is 38.0 Å². The van der Waals surface area contributed by atoms with Crippen LogP contribution < -0.4 is 10.2 Å². The average Bonchev–Trinajstić information content (AvgIpc) is 3.04. The summed E-state index contributed by atoms with van der Waals surface area (Å²) in [6.07, 6.45) is 3.86. The van der Waals surface area contributed by atoms with Crippen molar-refractivity contribution in [2.45, 2.75) is 39.8 Å². The molecule has 0 fully saturated rings. The van der Waals surface area contributed by atoms with Crippen molar-refractivity contribution in [2.24, 2.45) is 0 Å². The van der Waals surface area contributed by atoms with Gasteiger partial charge in [0, 0.05) is 19.6 Å². The zero-order chi connectivity index (χ0) is 15.8. The molecule has 120 valence electrons. The quantitative estimate of drug-likeness (QED) is 0.747. The second kappa shape index (κ2) is 8.59. The summed E-state index contributed by atoms with van der Waals surface area (Å²) >= 11 is 0. The van der Waals surface area contributed by atoms with Crippen LogP contribution in [0.25, 0.3) is 0 Å². The van der Waals surface area contributed by atoms with Crippen LogP contribution in [0.2, 0.25) is 0 Å². The van der Waals surface area contributed by atoms with E-state index in [9.17, 15) is 4.39 Å². The molecule has 4 heteroatoms. The number of nitrogens with one attached hydrogen (secondary N) is 1. The van der Waals surface area contributed by atoms with Crippen molar-refractivity contribution in [3.8, 4) is 0 Å². The Morgan fingerprint density at radius 1 is 1.18 bits per heavy atom. The monoisotopic (exact) mass is 304 g/mol. The van der Waals surface area contributed by atoms with Gasteiger partial charge < -0.3 is 14.6 Å². The molecule has 1 aromatic heterocycles. The summed E-state index contributed by atoms with van der Waals surface area (Å²) in [5.74, 6) is 0.758. The van der Waals surface area contributed by atoms with E-state index in [1.165, 1.54) is 0 Å². The van der Waals surface area contributed by atoms with Crippen molar-refractivity contribution >= 4 is 5.69 Å². The minimum atomic E-state index is -0.146. The van der Waals surface area contributed by atoms with Gasteiger partial charge in [0.1, 0.15) is 11.6 Å². The largest absolute Gasteiger partial charge is 0.468 e. The van der Waals surface area contributed by atoms with Crippen LogP contribution in [-0.4, -0.2) is 13.1 Å². The Hall–Kier alpha value is -1.81. The van der Waals surface area contributed by atoms with E-state index in [2.05, 4.69) is 24.1 Å². The summed E-state index contributed by atoms with van der Waals surface area (Å²) in [7, 11) is 0. The lowest BCUT2D eigenvalue weighted by molar-refractivity contribution is 0.483. The Balaban J connectivity index is 1.98. The van der Waals surface area contributed by atoms with Crippen molar-refractivity contribution in [1.82, 2.24) is 5.32 Å². The highest BCUT2D eigenvalue weighted by Gasteiger charge is 2.10. The second-order valence-corrected chi connectivity index (χ2v) is 5.40. The normalized spacial score (nSPS) is 10.9. The van der Waals surface area contributed by atoms with Crippen LogP contribution in [-0.2, 0) is 13.1 Å². The summed E-state index contributed by atoms with van der Waals surface area (Å²) < 4.78 is 19.4. The lowest BCUT2D eigenvalue weighted by Crippen LogP contribution is -2.25.